The first-order valence-corrected chi connectivity index (χ1v) is 9.45. The molecule has 4 rings (SSSR count). The van der Waals surface area contributed by atoms with Crippen LogP contribution in [0.4, 0.5) is 0 Å². The zero-order chi connectivity index (χ0) is 19.3. The quantitative estimate of drug-likeness (QED) is 0.539. The van der Waals surface area contributed by atoms with E-state index in [2.05, 4.69) is 32.0 Å². The van der Waals surface area contributed by atoms with E-state index in [4.69, 9.17) is 11.6 Å². The van der Waals surface area contributed by atoms with Gasteiger partial charge in [0.05, 0.1) is 11.1 Å². The number of pyridine rings is 1. The summed E-state index contributed by atoms with van der Waals surface area (Å²) in [4.78, 5) is 21.4. The minimum atomic E-state index is -0.188. The highest BCUT2D eigenvalue weighted by molar-refractivity contribution is 6.32. The predicted molar refractivity (Wildman–Crippen MR) is 111 cm³/mol. The number of rotatable bonds is 6. The topological polar surface area (TPSA) is 59.8 Å². The van der Waals surface area contributed by atoms with Crippen LogP contribution in [-0.2, 0) is 13.0 Å². The Morgan fingerprint density at radius 2 is 1.89 bits per heavy atom. The van der Waals surface area contributed by atoms with Gasteiger partial charge in [-0.2, -0.15) is 0 Å². The van der Waals surface area contributed by atoms with E-state index in [1.807, 2.05) is 36.5 Å². The van der Waals surface area contributed by atoms with Crippen molar-refractivity contribution in [2.45, 2.75) is 13.0 Å². The van der Waals surface area contributed by atoms with Crippen LogP contribution in [0.2, 0.25) is 5.02 Å². The summed E-state index contributed by atoms with van der Waals surface area (Å²) in [6, 6.07) is 17.4. The third kappa shape index (κ3) is 4.05. The van der Waals surface area contributed by atoms with Crippen LogP contribution >= 0.6 is 11.6 Å². The number of hydrogen-bond acceptors (Lipinski definition) is 3. The summed E-state index contributed by atoms with van der Waals surface area (Å²) in [5.41, 5.74) is 2.34. The van der Waals surface area contributed by atoms with Crippen molar-refractivity contribution >= 4 is 28.4 Å². The van der Waals surface area contributed by atoms with Crippen LogP contribution in [0, 0.1) is 0 Å². The van der Waals surface area contributed by atoms with Crippen LogP contribution in [0.15, 0.2) is 73.2 Å². The highest BCUT2D eigenvalue weighted by atomic mass is 35.5. The molecule has 0 bridgehead atoms. The first kappa shape index (κ1) is 18.2. The van der Waals surface area contributed by atoms with Gasteiger partial charge < -0.3 is 9.88 Å². The third-order valence-electron chi connectivity index (χ3n) is 4.55. The van der Waals surface area contributed by atoms with Crippen LogP contribution in [0.5, 0.6) is 0 Å². The molecule has 5 nitrogen and oxygen atoms in total. The van der Waals surface area contributed by atoms with E-state index in [1.165, 1.54) is 5.56 Å². The Morgan fingerprint density at radius 1 is 1.04 bits per heavy atom. The smallest absolute Gasteiger partial charge is 0.253 e. The zero-order valence-corrected chi connectivity index (χ0v) is 15.9. The van der Waals surface area contributed by atoms with E-state index in [1.54, 1.807) is 24.5 Å². The van der Waals surface area contributed by atoms with Crippen molar-refractivity contribution in [3.05, 3.63) is 95.2 Å². The van der Waals surface area contributed by atoms with E-state index in [-0.39, 0.29) is 5.91 Å². The molecule has 0 unspecified atom stereocenters. The van der Waals surface area contributed by atoms with Gasteiger partial charge in [-0.25, -0.2) is 4.98 Å². The maximum Gasteiger partial charge on any atom is 0.253 e. The van der Waals surface area contributed by atoms with E-state index in [0.29, 0.717) is 29.1 Å². The lowest BCUT2D eigenvalue weighted by Gasteiger charge is -2.10. The molecule has 0 radical (unpaired) electrons. The third-order valence-corrected chi connectivity index (χ3v) is 4.76. The Labute approximate surface area is 168 Å². The maximum atomic E-state index is 12.7. The molecule has 0 saturated heterocycles. The molecular formula is C22H19ClN4O. The second-order valence-corrected chi connectivity index (χ2v) is 6.93. The Balaban J connectivity index is 1.43. The van der Waals surface area contributed by atoms with Crippen molar-refractivity contribution in [1.29, 1.82) is 0 Å². The summed E-state index contributed by atoms with van der Waals surface area (Å²) in [5, 5.41) is 4.32. The van der Waals surface area contributed by atoms with Gasteiger partial charge in [0.25, 0.3) is 5.91 Å². The number of hydrogen-bond donors (Lipinski definition) is 1. The van der Waals surface area contributed by atoms with E-state index < -0.39 is 0 Å². The molecule has 1 amide bonds. The predicted octanol–water partition coefficient (Wildman–Crippen LogP) is 4.11. The van der Waals surface area contributed by atoms with E-state index in [0.717, 1.165) is 17.8 Å². The number of aromatic nitrogens is 3. The van der Waals surface area contributed by atoms with Gasteiger partial charge in [0, 0.05) is 48.5 Å². The van der Waals surface area contributed by atoms with E-state index >= 15 is 0 Å². The minimum Gasteiger partial charge on any atom is -0.352 e. The molecule has 0 aliphatic rings. The molecule has 140 valence electrons. The lowest BCUT2D eigenvalue weighted by atomic mass is 10.1. The number of carbonyl (C=O) groups is 1. The Kier molecular flexibility index (Phi) is 5.35. The van der Waals surface area contributed by atoms with Crippen molar-refractivity contribution in [3.8, 4) is 0 Å². The highest BCUT2D eigenvalue weighted by Crippen LogP contribution is 2.22. The van der Waals surface area contributed by atoms with Crippen molar-refractivity contribution in [3.63, 3.8) is 0 Å². The lowest BCUT2D eigenvalue weighted by molar-refractivity contribution is 0.0955. The van der Waals surface area contributed by atoms with Gasteiger partial charge in [0.1, 0.15) is 5.82 Å². The molecule has 2 aromatic carbocycles. The summed E-state index contributed by atoms with van der Waals surface area (Å²) < 4.78 is 2.10. The number of halogens is 1. The Bertz CT molecular complexity index is 1110. The van der Waals surface area contributed by atoms with Gasteiger partial charge in [0.15, 0.2) is 0 Å². The van der Waals surface area contributed by atoms with Crippen molar-refractivity contribution in [2.24, 2.45) is 0 Å². The van der Waals surface area contributed by atoms with Gasteiger partial charge in [0.2, 0.25) is 0 Å². The Hall–Kier alpha value is -3.18. The number of amides is 1. The van der Waals surface area contributed by atoms with Gasteiger partial charge in [-0.15, -0.1) is 0 Å². The normalized spacial score (nSPS) is 10.9. The molecule has 0 saturated carbocycles. The molecule has 2 aromatic heterocycles. The standard InChI is InChI=1S/C22H19ClN4O/c23-18-13-17-7-4-9-25-21(17)19(14-18)22(28)26-10-8-20-24-11-12-27(20)15-16-5-2-1-3-6-16/h1-7,9,11-14H,8,10,15H2,(H,26,28). The van der Waals surface area contributed by atoms with Crippen LogP contribution in [0.3, 0.4) is 0 Å². The molecule has 6 heteroatoms. The van der Waals surface area contributed by atoms with Crippen LogP contribution in [-0.4, -0.2) is 27.0 Å². The highest BCUT2D eigenvalue weighted by Gasteiger charge is 2.13. The molecule has 4 aromatic rings. The zero-order valence-electron chi connectivity index (χ0n) is 15.2. The number of nitrogens with one attached hydrogen (secondary N) is 1. The van der Waals surface area contributed by atoms with Gasteiger partial charge >= 0.3 is 0 Å². The van der Waals surface area contributed by atoms with Crippen LogP contribution < -0.4 is 5.32 Å². The average molecular weight is 391 g/mol. The summed E-state index contributed by atoms with van der Waals surface area (Å²) >= 11 is 6.16. The number of imidazole rings is 1. The minimum absolute atomic E-state index is 0.188. The summed E-state index contributed by atoms with van der Waals surface area (Å²) in [6.45, 7) is 1.23. The molecule has 2 heterocycles. The van der Waals surface area contributed by atoms with Crippen LogP contribution in [0.25, 0.3) is 10.9 Å². The van der Waals surface area contributed by atoms with Crippen LogP contribution in [0.1, 0.15) is 21.7 Å². The molecule has 1 N–H and O–H groups in total. The second kappa shape index (κ2) is 8.23. The van der Waals surface area contributed by atoms with Gasteiger partial charge in [-0.1, -0.05) is 48.0 Å². The average Bonchev–Trinajstić information content (AvgIpc) is 3.15. The first-order valence-electron chi connectivity index (χ1n) is 9.07. The summed E-state index contributed by atoms with van der Waals surface area (Å²) in [5.74, 6) is 0.741. The van der Waals surface area contributed by atoms with Crippen molar-refractivity contribution < 1.29 is 4.79 Å². The molecule has 0 aliphatic heterocycles. The van der Waals surface area contributed by atoms with Gasteiger partial charge in [-0.3, -0.25) is 9.78 Å². The number of fused-ring (bicyclic) bond motifs is 1. The monoisotopic (exact) mass is 390 g/mol. The summed E-state index contributed by atoms with van der Waals surface area (Å²) in [6.07, 6.45) is 6.05. The fraction of sp³-hybridized carbons (Fsp3) is 0.136. The van der Waals surface area contributed by atoms with Crippen molar-refractivity contribution in [2.75, 3.05) is 6.54 Å². The van der Waals surface area contributed by atoms with Crippen molar-refractivity contribution in [1.82, 2.24) is 19.9 Å². The number of carbonyl (C=O) groups excluding carboxylic acids is 1. The second-order valence-electron chi connectivity index (χ2n) is 6.49. The Morgan fingerprint density at radius 3 is 2.75 bits per heavy atom. The molecule has 0 atom stereocenters. The first-order chi connectivity index (χ1) is 13.7. The number of benzene rings is 2. The van der Waals surface area contributed by atoms with Gasteiger partial charge in [-0.05, 0) is 23.8 Å². The largest absolute Gasteiger partial charge is 0.352 e. The fourth-order valence-corrected chi connectivity index (χ4v) is 3.43. The fourth-order valence-electron chi connectivity index (χ4n) is 3.20. The summed E-state index contributed by atoms with van der Waals surface area (Å²) in [7, 11) is 0. The molecular weight excluding hydrogens is 372 g/mol. The molecule has 0 aliphatic carbocycles. The SMILES string of the molecule is O=C(NCCc1nccn1Cc1ccccc1)c1cc(Cl)cc2cccnc12. The molecule has 0 fully saturated rings. The molecule has 0 spiro atoms. The molecule has 28 heavy (non-hydrogen) atoms. The number of nitrogens with zero attached hydrogens (tertiary/aromatic N) is 3. The lowest BCUT2D eigenvalue weighted by Crippen LogP contribution is -2.27. The maximum absolute atomic E-state index is 12.7. The van der Waals surface area contributed by atoms with E-state index in [9.17, 15) is 4.79 Å².